The number of nitrogens with zero attached hydrogens (tertiary/aromatic N) is 3. The molecule has 1 aromatic rings. The smallest absolute Gasteiger partial charge is 0.280 e. The van der Waals surface area contributed by atoms with E-state index < -0.39 is 6.43 Å². The molecule has 0 bridgehead atoms. The number of aromatic nitrogens is 2. The van der Waals surface area contributed by atoms with E-state index in [2.05, 4.69) is 21.8 Å². The van der Waals surface area contributed by atoms with Crippen molar-refractivity contribution >= 4 is 5.82 Å². The zero-order valence-electron chi connectivity index (χ0n) is 11.1. The van der Waals surface area contributed by atoms with Gasteiger partial charge in [0, 0.05) is 24.6 Å². The Morgan fingerprint density at radius 3 is 2.63 bits per heavy atom. The van der Waals surface area contributed by atoms with Crippen LogP contribution in [-0.2, 0) is 0 Å². The summed E-state index contributed by atoms with van der Waals surface area (Å²) in [6.07, 6.45) is 2.96. The van der Waals surface area contributed by atoms with Gasteiger partial charge in [0.05, 0.1) is 0 Å². The minimum atomic E-state index is -2.51. The molecule has 1 aliphatic carbocycles. The molecule has 1 saturated carbocycles. The first-order valence-electron chi connectivity index (χ1n) is 7.09. The molecular weight excluding hydrogens is 248 g/mol. The lowest BCUT2D eigenvalue weighted by atomic mass is 10.0. The topological polar surface area (TPSA) is 29.0 Å². The Morgan fingerprint density at radius 2 is 2.00 bits per heavy atom. The molecule has 0 radical (unpaired) electrons. The molecule has 0 amide bonds. The average Bonchev–Trinajstić information content (AvgIpc) is 3.23. The summed E-state index contributed by atoms with van der Waals surface area (Å²) in [4.78, 5) is 10.7. The van der Waals surface area contributed by atoms with Gasteiger partial charge in [-0.15, -0.1) is 0 Å². The predicted octanol–water partition coefficient (Wildman–Crippen LogP) is 3.67. The number of halogens is 2. The Morgan fingerprint density at radius 1 is 1.21 bits per heavy atom. The lowest BCUT2D eigenvalue weighted by molar-refractivity contribution is 0.145. The molecule has 2 aliphatic rings. The van der Waals surface area contributed by atoms with E-state index in [0.29, 0.717) is 23.6 Å². The molecule has 0 aromatic carbocycles. The third-order valence-electron chi connectivity index (χ3n) is 4.01. The van der Waals surface area contributed by atoms with Crippen molar-refractivity contribution in [1.82, 2.24) is 9.97 Å². The van der Waals surface area contributed by atoms with Crippen LogP contribution in [0.2, 0.25) is 0 Å². The molecule has 3 nitrogen and oxygen atoms in total. The van der Waals surface area contributed by atoms with E-state index >= 15 is 0 Å². The van der Waals surface area contributed by atoms with Crippen LogP contribution in [0.5, 0.6) is 0 Å². The fraction of sp³-hybridized carbons (Fsp3) is 0.714. The van der Waals surface area contributed by atoms with Crippen molar-refractivity contribution in [1.29, 1.82) is 0 Å². The Bertz CT molecular complexity index is 440. The van der Waals surface area contributed by atoms with Crippen LogP contribution in [0.25, 0.3) is 0 Å². The summed E-state index contributed by atoms with van der Waals surface area (Å²) in [5, 5.41) is 0. The van der Waals surface area contributed by atoms with Gasteiger partial charge in [-0.25, -0.2) is 18.7 Å². The number of piperidine rings is 1. The number of rotatable bonds is 3. The number of hydrogen-bond acceptors (Lipinski definition) is 3. The highest BCUT2D eigenvalue weighted by atomic mass is 19.3. The van der Waals surface area contributed by atoms with Crippen LogP contribution in [0.4, 0.5) is 14.6 Å². The van der Waals surface area contributed by atoms with Crippen LogP contribution < -0.4 is 4.90 Å². The largest absolute Gasteiger partial charge is 0.354 e. The maximum absolute atomic E-state index is 13.0. The molecule has 1 atom stereocenters. The van der Waals surface area contributed by atoms with Crippen LogP contribution in [0, 0.1) is 0 Å². The summed E-state index contributed by atoms with van der Waals surface area (Å²) >= 11 is 0. The second kappa shape index (κ2) is 5.02. The molecule has 3 rings (SSSR count). The molecule has 0 N–H and O–H groups in total. The van der Waals surface area contributed by atoms with Crippen molar-refractivity contribution in [2.75, 3.05) is 11.4 Å². The molecule has 1 unspecified atom stereocenters. The SMILES string of the molecule is CC1CCCCN1c1cc(C(F)F)nc(C2CC2)n1. The van der Waals surface area contributed by atoms with E-state index in [9.17, 15) is 8.78 Å². The molecule has 19 heavy (non-hydrogen) atoms. The highest BCUT2D eigenvalue weighted by Gasteiger charge is 2.30. The van der Waals surface area contributed by atoms with E-state index in [4.69, 9.17) is 0 Å². The fourth-order valence-electron chi connectivity index (χ4n) is 2.69. The lowest BCUT2D eigenvalue weighted by Gasteiger charge is -2.34. The summed E-state index contributed by atoms with van der Waals surface area (Å²) in [7, 11) is 0. The second-order valence-electron chi connectivity index (χ2n) is 5.62. The van der Waals surface area contributed by atoms with Gasteiger partial charge in [-0.3, -0.25) is 0 Å². The molecule has 5 heteroatoms. The standard InChI is InChI=1S/C14H19F2N3/c1-9-4-2-3-7-19(9)12-8-11(13(15)16)17-14(18-12)10-5-6-10/h8-10,13H,2-7H2,1H3. The highest BCUT2D eigenvalue weighted by Crippen LogP contribution is 2.39. The first kappa shape index (κ1) is 12.8. The highest BCUT2D eigenvalue weighted by molar-refractivity contribution is 5.42. The van der Waals surface area contributed by atoms with Crippen LogP contribution in [-0.4, -0.2) is 22.6 Å². The van der Waals surface area contributed by atoms with Gasteiger partial charge in [0.15, 0.2) is 0 Å². The Balaban J connectivity index is 1.94. The number of hydrogen-bond donors (Lipinski definition) is 0. The Kier molecular flexibility index (Phi) is 3.37. The summed E-state index contributed by atoms with van der Waals surface area (Å²) in [6, 6.07) is 1.85. The minimum Gasteiger partial charge on any atom is -0.354 e. The zero-order chi connectivity index (χ0) is 13.4. The van der Waals surface area contributed by atoms with Gasteiger partial charge in [0.1, 0.15) is 17.3 Å². The molecule has 104 valence electrons. The zero-order valence-corrected chi connectivity index (χ0v) is 11.1. The van der Waals surface area contributed by atoms with E-state index in [-0.39, 0.29) is 5.69 Å². The quantitative estimate of drug-likeness (QED) is 0.836. The van der Waals surface area contributed by atoms with Crippen molar-refractivity contribution in [3.05, 3.63) is 17.6 Å². The Hall–Kier alpha value is -1.26. The van der Waals surface area contributed by atoms with E-state index in [1.807, 2.05) is 0 Å². The number of alkyl halides is 2. The summed E-state index contributed by atoms with van der Waals surface area (Å²) in [5.41, 5.74) is -0.121. The van der Waals surface area contributed by atoms with Crippen molar-refractivity contribution in [3.63, 3.8) is 0 Å². The fourth-order valence-corrected chi connectivity index (χ4v) is 2.69. The Labute approximate surface area is 112 Å². The van der Waals surface area contributed by atoms with Gasteiger partial charge < -0.3 is 4.90 Å². The molecule has 0 spiro atoms. The summed E-state index contributed by atoms with van der Waals surface area (Å²) < 4.78 is 25.9. The van der Waals surface area contributed by atoms with E-state index in [1.165, 1.54) is 12.5 Å². The van der Waals surface area contributed by atoms with Gasteiger partial charge >= 0.3 is 0 Å². The van der Waals surface area contributed by atoms with Gasteiger partial charge in [-0.1, -0.05) is 0 Å². The molecule has 1 saturated heterocycles. The summed E-state index contributed by atoms with van der Waals surface area (Å²) in [5.74, 6) is 1.61. The first-order valence-corrected chi connectivity index (χ1v) is 7.09. The normalized spacial score (nSPS) is 24.0. The van der Waals surface area contributed by atoms with Crippen LogP contribution >= 0.6 is 0 Å². The van der Waals surface area contributed by atoms with Crippen LogP contribution in [0.3, 0.4) is 0 Å². The maximum Gasteiger partial charge on any atom is 0.280 e. The third-order valence-corrected chi connectivity index (χ3v) is 4.01. The van der Waals surface area contributed by atoms with Gasteiger partial charge in [-0.05, 0) is 39.0 Å². The van der Waals surface area contributed by atoms with Crippen LogP contribution in [0.1, 0.15) is 62.9 Å². The van der Waals surface area contributed by atoms with Crippen LogP contribution in [0.15, 0.2) is 6.07 Å². The monoisotopic (exact) mass is 267 g/mol. The van der Waals surface area contributed by atoms with Gasteiger partial charge in [0.25, 0.3) is 6.43 Å². The van der Waals surface area contributed by atoms with Gasteiger partial charge in [0.2, 0.25) is 0 Å². The summed E-state index contributed by atoms with van der Waals surface area (Å²) in [6.45, 7) is 3.05. The average molecular weight is 267 g/mol. The lowest BCUT2D eigenvalue weighted by Crippen LogP contribution is -2.38. The van der Waals surface area contributed by atoms with Gasteiger partial charge in [-0.2, -0.15) is 0 Å². The van der Waals surface area contributed by atoms with E-state index in [0.717, 1.165) is 32.2 Å². The number of anilines is 1. The third kappa shape index (κ3) is 2.69. The van der Waals surface area contributed by atoms with Crippen molar-refractivity contribution < 1.29 is 8.78 Å². The van der Waals surface area contributed by atoms with Crippen molar-refractivity contribution in [2.24, 2.45) is 0 Å². The predicted molar refractivity (Wildman–Crippen MR) is 69.6 cm³/mol. The molecule has 2 fully saturated rings. The maximum atomic E-state index is 13.0. The molecule has 2 heterocycles. The molecule has 1 aromatic heterocycles. The van der Waals surface area contributed by atoms with Crippen molar-refractivity contribution in [2.45, 2.75) is 57.4 Å². The second-order valence-corrected chi connectivity index (χ2v) is 5.62. The van der Waals surface area contributed by atoms with Crippen molar-refractivity contribution in [3.8, 4) is 0 Å². The molecule has 1 aliphatic heterocycles. The minimum absolute atomic E-state index is 0.121. The van der Waals surface area contributed by atoms with E-state index in [1.54, 1.807) is 0 Å². The molecular formula is C14H19F2N3. The first-order chi connectivity index (χ1) is 9.15.